The molecule has 1 aliphatic heterocycles. The van der Waals surface area contributed by atoms with E-state index in [0.29, 0.717) is 22.3 Å². The van der Waals surface area contributed by atoms with Crippen molar-refractivity contribution in [3.05, 3.63) is 66.2 Å². The van der Waals surface area contributed by atoms with Gasteiger partial charge in [-0.3, -0.25) is 9.69 Å². The van der Waals surface area contributed by atoms with E-state index in [2.05, 4.69) is 37.0 Å². The number of benzene rings is 2. The Morgan fingerprint density at radius 2 is 1.89 bits per heavy atom. The summed E-state index contributed by atoms with van der Waals surface area (Å²) in [6.45, 7) is 6.95. The van der Waals surface area contributed by atoms with Crippen molar-refractivity contribution in [2.24, 2.45) is 0 Å². The molecule has 0 aliphatic carbocycles. The number of para-hydroxylation sites is 1. The number of carbonyl (C=O) groups excluding carboxylic acids is 1. The third kappa shape index (κ3) is 5.23. The van der Waals surface area contributed by atoms with Gasteiger partial charge in [0.15, 0.2) is 10.9 Å². The van der Waals surface area contributed by atoms with Gasteiger partial charge in [0.05, 0.1) is 4.70 Å². The molecule has 0 spiro atoms. The highest BCUT2D eigenvalue weighted by atomic mass is 32.1. The van der Waals surface area contributed by atoms with Crippen molar-refractivity contribution in [2.75, 3.05) is 36.4 Å². The molecule has 1 saturated heterocycles. The van der Waals surface area contributed by atoms with Crippen LogP contribution in [0.15, 0.2) is 54.9 Å². The van der Waals surface area contributed by atoms with E-state index in [-0.39, 0.29) is 17.8 Å². The highest BCUT2D eigenvalue weighted by molar-refractivity contribution is 7.22. The molecule has 2 aromatic heterocycles. The number of piperazine rings is 1. The minimum atomic E-state index is -0.216. The van der Waals surface area contributed by atoms with Gasteiger partial charge in [-0.2, -0.15) is 0 Å². The number of hydrogen-bond acceptors (Lipinski definition) is 8. The highest BCUT2D eigenvalue weighted by Gasteiger charge is 2.23. The molecule has 8 nitrogen and oxygen atoms in total. The molecule has 5 rings (SSSR count). The fraction of sp³-hybridized carbons (Fsp3) is 0.280. The summed E-state index contributed by atoms with van der Waals surface area (Å²) in [4.78, 5) is 29.2. The zero-order valence-corrected chi connectivity index (χ0v) is 20.3. The Morgan fingerprint density at radius 3 is 2.63 bits per heavy atom. The summed E-state index contributed by atoms with van der Waals surface area (Å²) in [6, 6.07) is 14.4. The van der Waals surface area contributed by atoms with Crippen LogP contribution in [0.2, 0.25) is 0 Å². The molecule has 10 heteroatoms. The van der Waals surface area contributed by atoms with Gasteiger partial charge in [-0.15, -0.1) is 0 Å². The minimum absolute atomic E-state index is 0.167. The van der Waals surface area contributed by atoms with E-state index in [4.69, 9.17) is 4.74 Å². The summed E-state index contributed by atoms with van der Waals surface area (Å²) in [6.07, 6.45) is 1.50. The van der Waals surface area contributed by atoms with Crippen molar-refractivity contribution >= 4 is 38.4 Å². The van der Waals surface area contributed by atoms with E-state index in [9.17, 15) is 9.18 Å². The minimum Gasteiger partial charge on any atom is -0.437 e. The number of ether oxygens (including phenoxy) is 1. The molecule has 0 saturated carbocycles. The van der Waals surface area contributed by atoms with Gasteiger partial charge in [0, 0.05) is 45.2 Å². The summed E-state index contributed by atoms with van der Waals surface area (Å²) >= 11 is 1.39. The van der Waals surface area contributed by atoms with Crippen LogP contribution in [0.4, 0.5) is 15.3 Å². The van der Waals surface area contributed by atoms with Gasteiger partial charge in [-0.25, -0.2) is 19.3 Å². The first-order valence-corrected chi connectivity index (χ1v) is 12.2. The number of fused-ring (bicyclic) bond motifs is 1. The number of rotatable bonds is 6. The standard InChI is InChI=1S/C25H25FN6O2S/c1-16(18-6-8-19(26)9-7-18)31-10-12-32(13-11-31)22-14-23(28-15-27-22)34-20-4-3-5-21-24(20)30-25(35-21)29-17(2)33/h3-9,14-16H,10-13H2,1-2H3,(H,29,30,33)/t16-/m0/s1. The molecule has 180 valence electrons. The smallest absolute Gasteiger partial charge is 0.224 e. The number of amides is 1. The van der Waals surface area contributed by atoms with Gasteiger partial charge < -0.3 is 15.0 Å². The fourth-order valence-electron chi connectivity index (χ4n) is 4.17. The molecular weight excluding hydrogens is 467 g/mol. The molecule has 35 heavy (non-hydrogen) atoms. The average Bonchev–Trinajstić information content (AvgIpc) is 3.27. The number of carbonyl (C=O) groups is 1. The topological polar surface area (TPSA) is 83.5 Å². The van der Waals surface area contributed by atoms with E-state index in [0.717, 1.165) is 42.3 Å². The fourth-order valence-corrected chi connectivity index (χ4v) is 5.10. The number of anilines is 2. The van der Waals surface area contributed by atoms with Crippen LogP contribution in [-0.4, -0.2) is 51.9 Å². The molecule has 4 aromatic rings. The van der Waals surface area contributed by atoms with E-state index >= 15 is 0 Å². The molecule has 1 aliphatic rings. The number of thiazole rings is 1. The molecular formula is C25H25FN6O2S. The molecule has 0 radical (unpaired) electrons. The summed E-state index contributed by atoms with van der Waals surface area (Å²) < 4.78 is 20.3. The van der Waals surface area contributed by atoms with Crippen molar-refractivity contribution in [2.45, 2.75) is 19.9 Å². The SMILES string of the molecule is CC(=O)Nc1nc2c(Oc3cc(N4CCN([C@@H](C)c5ccc(F)cc5)CC4)ncn3)cccc2s1. The summed E-state index contributed by atoms with van der Waals surface area (Å²) in [5.41, 5.74) is 1.78. The van der Waals surface area contributed by atoms with Gasteiger partial charge in [0.1, 0.15) is 23.5 Å². The second-order valence-corrected chi connectivity index (χ2v) is 9.40. The predicted molar refractivity (Wildman–Crippen MR) is 135 cm³/mol. The Morgan fingerprint density at radius 1 is 1.11 bits per heavy atom. The van der Waals surface area contributed by atoms with Crippen molar-refractivity contribution in [1.29, 1.82) is 0 Å². The summed E-state index contributed by atoms with van der Waals surface area (Å²) in [5, 5.41) is 3.25. The number of nitrogens with zero attached hydrogens (tertiary/aromatic N) is 5. The summed E-state index contributed by atoms with van der Waals surface area (Å²) in [5.74, 6) is 1.41. The zero-order valence-electron chi connectivity index (χ0n) is 19.4. The first kappa shape index (κ1) is 23.1. The predicted octanol–water partition coefficient (Wildman–Crippen LogP) is 4.86. The van der Waals surface area contributed by atoms with Gasteiger partial charge in [0.2, 0.25) is 11.8 Å². The molecule has 2 aromatic carbocycles. The van der Waals surface area contributed by atoms with Crippen LogP contribution >= 0.6 is 11.3 Å². The normalized spacial score (nSPS) is 15.2. The van der Waals surface area contributed by atoms with Gasteiger partial charge in [0.25, 0.3) is 0 Å². The number of nitrogens with one attached hydrogen (secondary N) is 1. The molecule has 1 amide bonds. The molecule has 1 atom stereocenters. The van der Waals surface area contributed by atoms with Crippen LogP contribution in [0, 0.1) is 5.82 Å². The largest absolute Gasteiger partial charge is 0.437 e. The molecule has 3 heterocycles. The van der Waals surface area contributed by atoms with Crippen LogP contribution in [0.1, 0.15) is 25.5 Å². The monoisotopic (exact) mass is 492 g/mol. The lowest BCUT2D eigenvalue weighted by Crippen LogP contribution is -2.47. The Hall–Kier alpha value is -3.63. The first-order chi connectivity index (χ1) is 17.0. The second kappa shape index (κ2) is 9.93. The highest BCUT2D eigenvalue weighted by Crippen LogP contribution is 2.34. The number of halogens is 1. The van der Waals surface area contributed by atoms with Crippen molar-refractivity contribution < 1.29 is 13.9 Å². The summed E-state index contributed by atoms with van der Waals surface area (Å²) in [7, 11) is 0. The van der Waals surface area contributed by atoms with Crippen LogP contribution in [0.3, 0.4) is 0 Å². The molecule has 0 unspecified atom stereocenters. The molecule has 1 N–H and O–H groups in total. The van der Waals surface area contributed by atoms with E-state index in [1.165, 1.54) is 36.7 Å². The first-order valence-electron chi connectivity index (χ1n) is 11.4. The number of hydrogen-bond donors (Lipinski definition) is 1. The van der Waals surface area contributed by atoms with Crippen molar-refractivity contribution in [3.63, 3.8) is 0 Å². The van der Waals surface area contributed by atoms with Crippen LogP contribution in [0.5, 0.6) is 11.6 Å². The van der Waals surface area contributed by atoms with E-state index in [1.54, 1.807) is 0 Å². The Labute approximate surface area is 206 Å². The maximum atomic E-state index is 13.3. The Bertz CT molecular complexity index is 1340. The maximum absolute atomic E-state index is 13.3. The maximum Gasteiger partial charge on any atom is 0.224 e. The lowest BCUT2D eigenvalue weighted by Gasteiger charge is -2.38. The van der Waals surface area contributed by atoms with Crippen LogP contribution in [-0.2, 0) is 4.79 Å². The lowest BCUT2D eigenvalue weighted by molar-refractivity contribution is -0.114. The van der Waals surface area contributed by atoms with Gasteiger partial charge in [-0.1, -0.05) is 29.5 Å². The molecule has 0 bridgehead atoms. The van der Waals surface area contributed by atoms with Gasteiger partial charge in [-0.05, 0) is 36.8 Å². The third-order valence-electron chi connectivity index (χ3n) is 6.05. The van der Waals surface area contributed by atoms with Crippen LogP contribution in [0.25, 0.3) is 10.2 Å². The van der Waals surface area contributed by atoms with Gasteiger partial charge >= 0.3 is 0 Å². The zero-order chi connectivity index (χ0) is 24.4. The number of aromatic nitrogens is 3. The average molecular weight is 493 g/mol. The van der Waals surface area contributed by atoms with E-state index in [1.807, 2.05) is 36.4 Å². The lowest BCUT2D eigenvalue weighted by atomic mass is 10.1. The van der Waals surface area contributed by atoms with Crippen LogP contribution < -0.4 is 15.0 Å². The Kier molecular flexibility index (Phi) is 6.56. The third-order valence-corrected chi connectivity index (χ3v) is 6.98. The quantitative estimate of drug-likeness (QED) is 0.412. The second-order valence-electron chi connectivity index (χ2n) is 8.37. The van der Waals surface area contributed by atoms with E-state index < -0.39 is 0 Å². The van der Waals surface area contributed by atoms with Crippen molar-refractivity contribution in [1.82, 2.24) is 19.9 Å². The van der Waals surface area contributed by atoms with Crippen molar-refractivity contribution in [3.8, 4) is 11.6 Å². The Balaban J connectivity index is 1.27. The molecule has 1 fully saturated rings.